The first-order chi connectivity index (χ1) is 15.7. The minimum absolute atomic E-state index is 0.0302. The van der Waals surface area contributed by atoms with Gasteiger partial charge in [-0.15, -0.1) is 10.2 Å². The molecule has 2 fully saturated rings. The summed E-state index contributed by atoms with van der Waals surface area (Å²) in [6.07, 6.45) is 5.14. The van der Waals surface area contributed by atoms with Crippen LogP contribution >= 0.6 is 0 Å². The molecule has 1 aromatic carbocycles. The number of halogens is 1. The van der Waals surface area contributed by atoms with Gasteiger partial charge in [-0.1, -0.05) is 12.1 Å². The van der Waals surface area contributed by atoms with Crippen LogP contribution in [0.1, 0.15) is 12.8 Å². The van der Waals surface area contributed by atoms with Gasteiger partial charge in [0.25, 0.3) is 0 Å². The number of piperazine rings is 1. The molecule has 0 aliphatic carbocycles. The molecule has 0 atom stereocenters. The lowest BCUT2D eigenvalue weighted by atomic mass is 9.95. The molecular formula is C23H26FN7O. The molecule has 9 heteroatoms. The Labute approximate surface area is 186 Å². The van der Waals surface area contributed by atoms with Gasteiger partial charge >= 0.3 is 0 Å². The number of para-hydroxylation sites is 1. The van der Waals surface area contributed by atoms with E-state index in [9.17, 15) is 9.18 Å². The zero-order valence-corrected chi connectivity index (χ0v) is 17.8. The average molecular weight is 436 g/mol. The number of piperidine rings is 1. The highest BCUT2D eigenvalue weighted by Gasteiger charge is 2.31. The second-order valence-corrected chi connectivity index (χ2v) is 8.23. The van der Waals surface area contributed by atoms with Crippen LogP contribution in [-0.2, 0) is 4.79 Å². The van der Waals surface area contributed by atoms with Gasteiger partial charge in [-0.2, -0.15) is 5.10 Å². The molecule has 2 saturated heterocycles. The summed E-state index contributed by atoms with van der Waals surface area (Å²) in [4.78, 5) is 19.2. The highest BCUT2D eigenvalue weighted by molar-refractivity contribution is 5.79. The monoisotopic (exact) mass is 435 g/mol. The van der Waals surface area contributed by atoms with Gasteiger partial charge in [0.2, 0.25) is 5.91 Å². The Bertz CT molecular complexity index is 1040. The Morgan fingerprint density at radius 2 is 1.56 bits per heavy atom. The van der Waals surface area contributed by atoms with Gasteiger partial charge in [0.15, 0.2) is 11.6 Å². The Hall–Kier alpha value is -3.49. The van der Waals surface area contributed by atoms with Crippen molar-refractivity contribution in [2.75, 3.05) is 49.1 Å². The van der Waals surface area contributed by atoms with Gasteiger partial charge in [0.05, 0.1) is 5.69 Å². The summed E-state index contributed by atoms with van der Waals surface area (Å²) in [7, 11) is 0. The van der Waals surface area contributed by atoms with Crippen LogP contribution in [0.15, 0.2) is 54.9 Å². The van der Waals surface area contributed by atoms with Crippen LogP contribution in [0.2, 0.25) is 0 Å². The summed E-state index contributed by atoms with van der Waals surface area (Å²) in [6.45, 7) is 4.14. The molecule has 0 spiro atoms. The van der Waals surface area contributed by atoms with Crippen LogP contribution in [0, 0.1) is 11.7 Å². The second kappa shape index (κ2) is 8.94. The lowest BCUT2D eigenvalue weighted by Gasteiger charge is -2.39. The quantitative estimate of drug-likeness (QED) is 0.627. The molecule has 1 amide bonds. The lowest BCUT2D eigenvalue weighted by Crippen LogP contribution is -2.52. The van der Waals surface area contributed by atoms with E-state index in [1.165, 1.54) is 6.07 Å². The number of benzene rings is 1. The van der Waals surface area contributed by atoms with Gasteiger partial charge in [0, 0.05) is 57.6 Å². The van der Waals surface area contributed by atoms with Crippen molar-refractivity contribution in [1.82, 2.24) is 24.9 Å². The maximum atomic E-state index is 14.1. The maximum absolute atomic E-state index is 14.1. The molecule has 0 saturated carbocycles. The molecule has 0 unspecified atom stereocenters. The molecule has 4 heterocycles. The van der Waals surface area contributed by atoms with E-state index in [1.54, 1.807) is 23.0 Å². The third-order valence-corrected chi connectivity index (χ3v) is 6.33. The summed E-state index contributed by atoms with van der Waals surface area (Å²) >= 11 is 0. The third kappa shape index (κ3) is 4.15. The average Bonchev–Trinajstić information content (AvgIpc) is 3.39. The summed E-state index contributed by atoms with van der Waals surface area (Å²) in [5.74, 6) is 1.55. The van der Waals surface area contributed by atoms with E-state index in [-0.39, 0.29) is 17.6 Å². The standard InChI is InChI=1S/C23H26FN7O/c24-19-4-1-2-5-20(19)28-14-16-30(17-15-28)23(32)18-8-12-29(13-9-18)21-6-7-22(27-26-21)31-11-3-10-25-31/h1-7,10-11,18H,8-9,12-17H2. The second-order valence-electron chi connectivity index (χ2n) is 8.23. The minimum atomic E-state index is -0.208. The summed E-state index contributed by atoms with van der Waals surface area (Å²) in [5, 5.41) is 12.8. The molecular weight excluding hydrogens is 409 g/mol. The van der Waals surface area contributed by atoms with Crippen LogP contribution in [0.3, 0.4) is 0 Å². The molecule has 2 aliphatic heterocycles. The van der Waals surface area contributed by atoms with Crippen molar-refractivity contribution < 1.29 is 9.18 Å². The number of anilines is 2. The van der Waals surface area contributed by atoms with Crippen molar-refractivity contribution in [2.24, 2.45) is 5.92 Å². The van der Waals surface area contributed by atoms with Gasteiger partial charge in [0.1, 0.15) is 5.82 Å². The molecule has 3 aromatic rings. The smallest absolute Gasteiger partial charge is 0.225 e. The Morgan fingerprint density at radius 3 is 2.22 bits per heavy atom. The van der Waals surface area contributed by atoms with Gasteiger partial charge in [-0.3, -0.25) is 4.79 Å². The predicted molar refractivity (Wildman–Crippen MR) is 119 cm³/mol. The van der Waals surface area contributed by atoms with Crippen LogP contribution in [-0.4, -0.2) is 70.1 Å². The van der Waals surface area contributed by atoms with Crippen LogP contribution < -0.4 is 9.80 Å². The first-order valence-corrected chi connectivity index (χ1v) is 11.1. The van der Waals surface area contributed by atoms with Gasteiger partial charge < -0.3 is 14.7 Å². The van der Waals surface area contributed by atoms with Crippen molar-refractivity contribution in [3.05, 3.63) is 60.7 Å². The summed E-state index contributed by atoms with van der Waals surface area (Å²) < 4.78 is 15.7. The SMILES string of the molecule is O=C(C1CCN(c2ccc(-n3cccn3)nn2)CC1)N1CCN(c2ccccc2F)CC1. The fourth-order valence-corrected chi connectivity index (χ4v) is 4.50. The van der Waals surface area contributed by atoms with Crippen molar-refractivity contribution in [1.29, 1.82) is 0 Å². The normalized spacial score (nSPS) is 17.6. The van der Waals surface area contributed by atoms with E-state index in [1.807, 2.05) is 40.3 Å². The molecule has 0 N–H and O–H groups in total. The highest BCUT2D eigenvalue weighted by Crippen LogP contribution is 2.25. The van der Waals surface area contributed by atoms with Crippen molar-refractivity contribution in [3.63, 3.8) is 0 Å². The molecule has 166 valence electrons. The fraction of sp³-hybridized carbons (Fsp3) is 0.391. The molecule has 32 heavy (non-hydrogen) atoms. The van der Waals surface area contributed by atoms with E-state index < -0.39 is 0 Å². The number of aromatic nitrogens is 4. The van der Waals surface area contributed by atoms with Crippen molar-refractivity contribution in [3.8, 4) is 5.82 Å². The van der Waals surface area contributed by atoms with Crippen LogP contribution in [0.25, 0.3) is 5.82 Å². The van der Waals surface area contributed by atoms with E-state index >= 15 is 0 Å². The Kier molecular flexibility index (Phi) is 5.70. The topological polar surface area (TPSA) is 70.4 Å². The van der Waals surface area contributed by atoms with E-state index in [4.69, 9.17) is 0 Å². The molecule has 8 nitrogen and oxygen atoms in total. The van der Waals surface area contributed by atoms with Crippen LogP contribution in [0.5, 0.6) is 0 Å². The van der Waals surface area contributed by atoms with Gasteiger partial charge in [-0.25, -0.2) is 9.07 Å². The number of amides is 1. The lowest BCUT2D eigenvalue weighted by molar-refractivity contribution is -0.136. The number of carbonyl (C=O) groups excluding carboxylic acids is 1. The number of hydrogen-bond acceptors (Lipinski definition) is 6. The predicted octanol–water partition coefficient (Wildman–Crippen LogP) is 2.37. The van der Waals surface area contributed by atoms with Crippen molar-refractivity contribution in [2.45, 2.75) is 12.8 Å². The number of rotatable bonds is 4. The molecule has 2 aromatic heterocycles. The first-order valence-electron chi connectivity index (χ1n) is 11.1. The third-order valence-electron chi connectivity index (χ3n) is 6.33. The zero-order valence-electron chi connectivity index (χ0n) is 17.8. The molecule has 0 radical (unpaired) electrons. The number of nitrogens with zero attached hydrogens (tertiary/aromatic N) is 7. The maximum Gasteiger partial charge on any atom is 0.225 e. The summed E-state index contributed by atoms with van der Waals surface area (Å²) in [5.41, 5.74) is 0.618. The van der Waals surface area contributed by atoms with E-state index in [0.717, 1.165) is 31.7 Å². The van der Waals surface area contributed by atoms with Gasteiger partial charge in [-0.05, 0) is 43.2 Å². The zero-order chi connectivity index (χ0) is 21.9. The highest BCUT2D eigenvalue weighted by atomic mass is 19.1. The largest absolute Gasteiger partial charge is 0.366 e. The Morgan fingerprint density at radius 1 is 0.844 bits per heavy atom. The van der Waals surface area contributed by atoms with E-state index in [0.29, 0.717) is 37.7 Å². The van der Waals surface area contributed by atoms with Crippen molar-refractivity contribution >= 4 is 17.4 Å². The molecule has 0 bridgehead atoms. The summed E-state index contributed by atoms with van der Waals surface area (Å²) in [6, 6.07) is 12.5. The number of hydrogen-bond donors (Lipinski definition) is 0. The fourth-order valence-electron chi connectivity index (χ4n) is 4.50. The number of carbonyl (C=O) groups is 1. The Balaban J connectivity index is 1.13. The van der Waals surface area contributed by atoms with Crippen LogP contribution in [0.4, 0.5) is 15.9 Å². The van der Waals surface area contributed by atoms with E-state index in [2.05, 4.69) is 20.2 Å². The minimum Gasteiger partial charge on any atom is -0.366 e. The first kappa shape index (κ1) is 20.4. The molecule has 5 rings (SSSR count). The molecule has 2 aliphatic rings.